The highest BCUT2D eigenvalue weighted by atomic mass is 79.9. The molecule has 1 atom stereocenters. The molecule has 8 heteroatoms. The Kier molecular flexibility index (Phi) is 4.86. The normalized spacial score (nSPS) is 23.4. The van der Waals surface area contributed by atoms with Gasteiger partial charge in [-0.05, 0) is 48.2 Å². The van der Waals surface area contributed by atoms with Gasteiger partial charge in [0.15, 0.2) is 5.78 Å². The van der Waals surface area contributed by atoms with Gasteiger partial charge in [-0.15, -0.1) is 0 Å². The maximum Gasteiger partial charge on any atom is 0.245 e. The molecule has 1 amide bonds. The molecule has 0 saturated carbocycles. The molecule has 1 unspecified atom stereocenters. The van der Waals surface area contributed by atoms with E-state index in [4.69, 9.17) is 5.73 Å². The smallest absolute Gasteiger partial charge is 0.245 e. The molecule has 3 aliphatic rings. The summed E-state index contributed by atoms with van der Waals surface area (Å²) in [5, 5.41) is 13.2. The van der Waals surface area contributed by atoms with E-state index in [1.807, 2.05) is 44.2 Å². The van der Waals surface area contributed by atoms with Gasteiger partial charge in [-0.1, -0.05) is 51.8 Å². The summed E-state index contributed by atoms with van der Waals surface area (Å²) in [6.45, 7) is 4.05. The molecule has 0 aromatic heterocycles. The second-order valence-electron chi connectivity index (χ2n) is 9.34. The van der Waals surface area contributed by atoms with E-state index in [0.717, 1.165) is 14.6 Å². The first-order valence-corrected chi connectivity index (χ1v) is 12.0. The Bertz CT molecular complexity index is 1370. The van der Waals surface area contributed by atoms with Crippen LogP contribution in [0.5, 0.6) is 0 Å². The molecule has 1 spiro atoms. The molecule has 0 saturated heterocycles. The number of halogens is 2. The number of Topliss-reactive ketones (excluding diaryl/α,β-unsaturated/α-hetero) is 1. The molecule has 1 aliphatic carbocycles. The van der Waals surface area contributed by atoms with E-state index in [1.165, 1.54) is 0 Å². The number of amides is 1. The van der Waals surface area contributed by atoms with Gasteiger partial charge in [-0.2, -0.15) is 5.26 Å². The van der Waals surface area contributed by atoms with Crippen molar-refractivity contribution < 1.29 is 9.59 Å². The minimum absolute atomic E-state index is 0.0589. The topological polar surface area (TPSA) is 99.2 Å². The maximum atomic E-state index is 13.8. The van der Waals surface area contributed by atoms with Gasteiger partial charge in [0.25, 0.3) is 0 Å². The average molecular weight is 568 g/mol. The minimum Gasteiger partial charge on any atom is -0.384 e. The van der Waals surface area contributed by atoms with Crippen LogP contribution < -0.4 is 16.0 Å². The second kappa shape index (κ2) is 7.31. The van der Waals surface area contributed by atoms with Crippen LogP contribution in [-0.4, -0.2) is 11.7 Å². The van der Waals surface area contributed by atoms with E-state index in [1.54, 1.807) is 17.0 Å². The molecule has 0 fully saturated rings. The highest BCUT2D eigenvalue weighted by Gasteiger charge is 2.61. The zero-order valence-corrected chi connectivity index (χ0v) is 21.2. The van der Waals surface area contributed by atoms with E-state index in [-0.39, 0.29) is 29.0 Å². The molecule has 2 aromatic carbocycles. The number of fused-ring (bicyclic) bond motifs is 3. The number of benzene rings is 2. The first-order chi connectivity index (χ1) is 15.6. The lowest BCUT2D eigenvalue weighted by atomic mass is 9.61. The number of nitriles is 1. The van der Waals surface area contributed by atoms with Crippen molar-refractivity contribution in [2.24, 2.45) is 11.1 Å². The maximum absolute atomic E-state index is 13.8. The summed E-state index contributed by atoms with van der Waals surface area (Å²) < 4.78 is 1.58. The van der Waals surface area contributed by atoms with E-state index < -0.39 is 11.3 Å². The van der Waals surface area contributed by atoms with Crippen molar-refractivity contribution in [1.29, 1.82) is 5.26 Å². The monoisotopic (exact) mass is 566 g/mol. The predicted molar refractivity (Wildman–Crippen MR) is 133 cm³/mol. The molecule has 0 radical (unpaired) electrons. The molecule has 6 nitrogen and oxygen atoms in total. The third-order valence-corrected chi connectivity index (χ3v) is 7.51. The van der Waals surface area contributed by atoms with Gasteiger partial charge in [-0.25, -0.2) is 0 Å². The molecule has 166 valence electrons. The summed E-state index contributed by atoms with van der Waals surface area (Å²) in [4.78, 5) is 29.3. The van der Waals surface area contributed by atoms with Crippen LogP contribution in [0.15, 0.2) is 74.1 Å². The number of rotatable bonds is 1. The van der Waals surface area contributed by atoms with Crippen molar-refractivity contribution in [2.45, 2.75) is 32.1 Å². The fourth-order valence-electron chi connectivity index (χ4n) is 5.30. The minimum atomic E-state index is -1.58. The summed E-state index contributed by atoms with van der Waals surface area (Å²) in [6.07, 6.45) is 0.799. The van der Waals surface area contributed by atoms with E-state index >= 15 is 0 Å². The summed E-state index contributed by atoms with van der Waals surface area (Å²) >= 11 is 6.98. The van der Waals surface area contributed by atoms with Gasteiger partial charge in [0.1, 0.15) is 17.3 Å². The Morgan fingerprint density at radius 3 is 2.52 bits per heavy atom. The molecule has 3 N–H and O–H groups in total. The highest BCUT2D eigenvalue weighted by molar-refractivity contribution is 9.10. The summed E-state index contributed by atoms with van der Waals surface area (Å²) in [7, 11) is 0. The van der Waals surface area contributed by atoms with Crippen LogP contribution in [-0.2, 0) is 15.0 Å². The van der Waals surface area contributed by atoms with Crippen molar-refractivity contribution in [3.05, 3.63) is 79.6 Å². The highest BCUT2D eigenvalue weighted by Crippen LogP contribution is 2.57. The van der Waals surface area contributed by atoms with Crippen LogP contribution >= 0.6 is 31.9 Å². The van der Waals surface area contributed by atoms with E-state index in [2.05, 4.69) is 43.2 Å². The van der Waals surface area contributed by atoms with Gasteiger partial charge in [-0.3, -0.25) is 14.5 Å². The zero-order valence-electron chi connectivity index (χ0n) is 18.0. The Morgan fingerprint density at radius 1 is 1.09 bits per heavy atom. The Hall–Kier alpha value is -2.89. The lowest BCUT2D eigenvalue weighted by Crippen LogP contribution is -2.52. The number of nitrogens with two attached hydrogens (primary N) is 1. The average Bonchev–Trinajstić information content (AvgIpc) is 2.99. The van der Waals surface area contributed by atoms with E-state index in [0.29, 0.717) is 28.9 Å². The summed E-state index contributed by atoms with van der Waals surface area (Å²) in [5.74, 6) is -0.420. The predicted octanol–water partition coefficient (Wildman–Crippen LogP) is 5.26. The largest absolute Gasteiger partial charge is 0.384 e. The molecule has 0 bridgehead atoms. The Morgan fingerprint density at radius 2 is 1.82 bits per heavy atom. The van der Waals surface area contributed by atoms with Crippen LogP contribution in [0.25, 0.3) is 0 Å². The van der Waals surface area contributed by atoms with Gasteiger partial charge < -0.3 is 11.1 Å². The van der Waals surface area contributed by atoms with E-state index in [9.17, 15) is 14.9 Å². The van der Waals surface area contributed by atoms with Gasteiger partial charge >= 0.3 is 0 Å². The van der Waals surface area contributed by atoms with Crippen molar-refractivity contribution in [2.75, 3.05) is 10.2 Å². The third-order valence-electron chi connectivity index (χ3n) is 6.52. The standard InChI is InChI=1S/C25H20Br2N4O2/c1-24(2)10-19-21(20(32)11-24)25(16-9-14(27)6-7-18(16)30-23(25)33)17(12-28)22(29)31(19)15-5-3-4-13(26)8-15/h3-9H,10-11,29H2,1-2H3,(H,30,33). The first-order valence-electron chi connectivity index (χ1n) is 10.4. The lowest BCUT2D eigenvalue weighted by Gasteiger charge is -2.46. The Balaban J connectivity index is 1.92. The van der Waals surface area contributed by atoms with Crippen molar-refractivity contribution in [1.82, 2.24) is 0 Å². The number of hydrogen-bond donors (Lipinski definition) is 2. The van der Waals surface area contributed by atoms with Gasteiger partial charge in [0.05, 0.1) is 5.57 Å². The number of nitrogens with one attached hydrogen (secondary N) is 1. The summed E-state index contributed by atoms with van der Waals surface area (Å²) in [6, 6.07) is 15.1. The summed E-state index contributed by atoms with van der Waals surface area (Å²) in [5.41, 5.74) is 7.70. The Labute approximate surface area is 208 Å². The fourth-order valence-corrected chi connectivity index (χ4v) is 6.05. The molecule has 2 heterocycles. The number of allylic oxidation sites excluding steroid dienone is 1. The molecule has 33 heavy (non-hydrogen) atoms. The SMILES string of the molecule is CC1(C)CC(=O)C2=C(C1)N(c1cccc(Br)c1)C(N)=C(C#N)C21C(=O)Nc2ccc(Br)cc21. The van der Waals surface area contributed by atoms with Crippen LogP contribution in [0.3, 0.4) is 0 Å². The fraction of sp³-hybridized carbons (Fsp3) is 0.240. The first kappa shape index (κ1) is 21.9. The quantitative estimate of drug-likeness (QED) is 0.490. The molecule has 2 aliphatic heterocycles. The molecular formula is C25H20Br2N4O2. The molecule has 5 rings (SSSR count). The number of carbonyl (C=O) groups is 2. The van der Waals surface area contributed by atoms with Crippen LogP contribution in [0.4, 0.5) is 11.4 Å². The van der Waals surface area contributed by atoms with Crippen molar-refractivity contribution >= 4 is 54.9 Å². The second-order valence-corrected chi connectivity index (χ2v) is 11.2. The third kappa shape index (κ3) is 3.02. The van der Waals surface area contributed by atoms with Crippen molar-refractivity contribution in [3.63, 3.8) is 0 Å². The lowest BCUT2D eigenvalue weighted by molar-refractivity contribution is -0.123. The number of anilines is 2. The van der Waals surface area contributed by atoms with Crippen LogP contribution in [0, 0.1) is 16.7 Å². The number of carbonyl (C=O) groups excluding carboxylic acids is 2. The molecular weight excluding hydrogens is 548 g/mol. The number of ketones is 1. The number of nitrogens with zero attached hydrogens (tertiary/aromatic N) is 2. The van der Waals surface area contributed by atoms with Crippen LogP contribution in [0.1, 0.15) is 32.3 Å². The zero-order chi connectivity index (χ0) is 23.7. The molecule has 2 aromatic rings. The van der Waals surface area contributed by atoms with Gasteiger partial charge in [0.2, 0.25) is 5.91 Å². The number of hydrogen-bond acceptors (Lipinski definition) is 5. The van der Waals surface area contributed by atoms with Gasteiger partial charge in [0, 0.05) is 43.6 Å². The van der Waals surface area contributed by atoms with Crippen LogP contribution in [0.2, 0.25) is 0 Å². The van der Waals surface area contributed by atoms with Crippen molar-refractivity contribution in [3.8, 4) is 6.07 Å².